The Hall–Kier alpha value is -1.86. The predicted molar refractivity (Wildman–Crippen MR) is 129 cm³/mol. The molecule has 0 radical (unpaired) electrons. The number of amides is 1. The van der Waals surface area contributed by atoms with Gasteiger partial charge in [-0.05, 0) is 58.2 Å². The average Bonchev–Trinajstić information content (AvgIpc) is 3.17. The van der Waals surface area contributed by atoms with Gasteiger partial charge < -0.3 is 28.6 Å². The first kappa shape index (κ1) is 24.3. The minimum atomic E-state index is -3.00. The van der Waals surface area contributed by atoms with E-state index in [1.807, 2.05) is 32.0 Å². The lowest BCUT2D eigenvalue weighted by Crippen LogP contribution is -2.39. The molecule has 3 heterocycles. The number of fused-ring (bicyclic) bond motifs is 3. The molecular weight excluding hydrogens is 441 g/mol. The van der Waals surface area contributed by atoms with Crippen molar-refractivity contribution in [2.24, 2.45) is 5.92 Å². The van der Waals surface area contributed by atoms with Crippen molar-refractivity contribution in [1.29, 1.82) is 0 Å². The van der Waals surface area contributed by atoms with E-state index in [0.717, 1.165) is 49.8 Å². The third-order valence-corrected chi connectivity index (χ3v) is 8.57. The highest BCUT2D eigenvalue weighted by atomic mass is 31.2. The normalized spacial score (nSPS) is 17.6. The van der Waals surface area contributed by atoms with Crippen LogP contribution in [0.2, 0.25) is 0 Å². The maximum absolute atomic E-state index is 13.2. The van der Waals surface area contributed by atoms with Crippen LogP contribution in [0.3, 0.4) is 0 Å². The van der Waals surface area contributed by atoms with Crippen molar-refractivity contribution in [2.75, 3.05) is 52.2 Å². The van der Waals surface area contributed by atoms with Gasteiger partial charge in [-0.2, -0.15) is 0 Å². The van der Waals surface area contributed by atoms with Crippen LogP contribution in [-0.4, -0.2) is 67.5 Å². The molecule has 8 nitrogen and oxygen atoms in total. The van der Waals surface area contributed by atoms with E-state index < -0.39 is 7.60 Å². The van der Waals surface area contributed by atoms with Crippen LogP contribution in [0.1, 0.15) is 43.5 Å². The smallest absolute Gasteiger partial charge is 0.331 e. The Morgan fingerprint density at radius 3 is 2.61 bits per heavy atom. The Bertz CT molecular complexity index is 989. The number of nitrogens with zero attached hydrogens (tertiary/aromatic N) is 2. The highest BCUT2D eigenvalue weighted by Gasteiger charge is 2.28. The molecule has 1 saturated heterocycles. The second-order valence-corrected chi connectivity index (χ2v) is 10.9. The first-order valence-corrected chi connectivity index (χ1v) is 13.9. The summed E-state index contributed by atoms with van der Waals surface area (Å²) in [6, 6.07) is 8.02. The zero-order valence-electron chi connectivity index (χ0n) is 19.8. The number of carbonyl (C=O) groups is 1. The number of hydrogen-bond acceptors (Lipinski definition) is 6. The standard InChI is InChI=1S/C24H36N3O5P/c1-3-31-33(29,32-4-2)17-15-26-13-10-19(11-14-26)18-25-23(28)22-20-8-5-6-9-21(20)27-12-7-16-30-24(22)27/h5-6,8-9,19H,3-4,7,10-18H2,1-2H3,(H,25,28). The first-order chi connectivity index (χ1) is 16.0. The maximum atomic E-state index is 13.2. The van der Waals surface area contributed by atoms with Gasteiger partial charge in [0.2, 0.25) is 5.88 Å². The lowest BCUT2D eigenvalue weighted by atomic mass is 9.96. The molecule has 1 aromatic carbocycles. The monoisotopic (exact) mass is 477 g/mol. The van der Waals surface area contributed by atoms with Crippen molar-refractivity contribution in [3.05, 3.63) is 29.8 Å². The van der Waals surface area contributed by atoms with Crippen LogP contribution in [0, 0.1) is 5.92 Å². The van der Waals surface area contributed by atoms with Crippen LogP contribution in [-0.2, 0) is 20.2 Å². The van der Waals surface area contributed by atoms with E-state index in [0.29, 0.717) is 56.4 Å². The van der Waals surface area contributed by atoms with Gasteiger partial charge in [0.1, 0.15) is 5.56 Å². The third kappa shape index (κ3) is 5.62. The Balaban J connectivity index is 1.29. The van der Waals surface area contributed by atoms with Gasteiger partial charge in [0.25, 0.3) is 5.91 Å². The molecule has 2 aliphatic rings. The molecule has 182 valence electrons. The Labute approximate surface area is 196 Å². The number of para-hydroxylation sites is 1. The number of rotatable bonds is 10. The highest BCUT2D eigenvalue weighted by molar-refractivity contribution is 7.53. The molecule has 4 rings (SSSR count). The molecule has 0 atom stereocenters. The number of likely N-dealkylation sites (tertiary alicyclic amines) is 1. The number of carbonyl (C=O) groups excluding carboxylic acids is 1. The highest BCUT2D eigenvalue weighted by Crippen LogP contribution is 2.47. The molecule has 0 aliphatic carbocycles. The molecule has 33 heavy (non-hydrogen) atoms. The molecule has 1 aromatic heterocycles. The number of ether oxygens (including phenoxy) is 1. The summed E-state index contributed by atoms with van der Waals surface area (Å²) in [5.74, 6) is 1.07. The molecular formula is C24H36N3O5P. The van der Waals surface area contributed by atoms with Crippen molar-refractivity contribution in [2.45, 2.75) is 39.7 Å². The van der Waals surface area contributed by atoms with E-state index in [2.05, 4.69) is 20.9 Å². The van der Waals surface area contributed by atoms with Crippen LogP contribution in [0.15, 0.2) is 24.3 Å². The van der Waals surface area contributed by atoms with E-state index in [9.17, 15) is 9.36 Å². The fourth-order valence-electron chi connectivity index (χ4n) is 4.83. The van der Waals surface area contributed by atoms with Crippen molar-refractivity contribution in [3.63, 3.8) is 0 Å². The summed E-state index contributed by atoms with van der Waals surface area (Å²) >= 11 is 0. The summed E-state index contributed by atoms with van der Waals surface area (Å²) in [4.78, 5) is 15.5. The number of aromatic nitrogens is 1. The summed E-state index contributed by atoms with van der Waals surface area (Å²) in [6.07, 6.45) is 3.37. The average molecular weight is 478 g/mol. The molecule has 1 fully saturated rings. The third-order valence-electron chi connectivity index (χ3n) is 6.52. The molecule has 0 unspecified atom stereocenters. The maximum Gasteiger partial charge on any atom is 0.331 e. The second kappa shape index (κ2) is 11.0. The Morgan fingerprint density at radius 1 is 1.15 bits per heavy atom. The van der Waals surface area contributed by atoms with Gasteiger partial charge in [-0.15, -0.1) is 0 Å². The Morgan fingerprint density at radius 2 is 1.88 bits per heavy atom. The topological polar surface area (TPSA) is 82.0 Å². The number of aryl methyl sites for hydroxylation is 1. The van der Waals surface area contributed by atoms with Crippen molar-refractivity contribution in [3.8, 4) is 5.88 Å². The van der Waals surface area contributed by atoms with Gasteiger partial charge in [-0.1, -0.05) is 18.2 Å². The summed E-state index contributed by atoms with van der Waals surface area (Å²) in [5.41, 5.74) is 1.72. The lowest BCUT2D eigenvalue weighted by Gasteiger charge is -2.32. The van der Waals surface area contributed by atoms with Crippen LogP contribution in [0.5, 0.6) is 5.88 Å². The molecule has 1 N–H and O–H groups in total. The number of hydrogen-bond donors (Lipinski definition) is 1. The minimum absolute atomic E-state index is 0.0568. The number of piperidine rings is 1. The van der Waals surface area contributed by atoms with E-state index in [-0.39, 0.29) is 5.91 Å². The first-order valence-electron chi connectivity index (χ1n) is 12.2. The van der Waals surface area contributed by atoms with Gasteiger partial charge in [0.15, 0.2) is 0 Å². The zero-order valence-corrected chi connectivity index (χ0v) is 20.6. The molecule has 0 spiro atoms. The van der Waals surface area contributed by atoms with Crippen molar-refractivity contribution in [1.82, 2.24) is 14.8 Å². The Kier molecular flexibility index (Phi) is 8.12. The fraction of sp³-hybridized carbons (Fsp3) is 0.625. The zero-order chi connectivity index (χ0) is 23.3. The second-order valence-electron chi connectivity index (χ2n) is 8.72. The number of benzene rings is 1. The van der Waals surface area contributed by atoms with E-state index >= 15 is 0 Å². The van der Waals surface area contributed by atoms with Crippen LogP contribution < -0.4 is 10.1 Å². The van der Waals surface area contributed by atoms with Gasteiger partial charge in [0, 0.05) is 25.0 Å². The van der Waals surface area contributed by atoms with Gasteiger partial charge in [-0.3, -0.25) is 9.36 Å². The van der Waals surface area contributed by atoms with Crippen LogP contribution >= 0.6 is 7.60 Å². The minimum Gasteiger partial charge on any atom is -0.478 e. The van der Waals surface area contributed by atoms with Gasteiger partial charge in [-0.25, -0.2) is 0 Å². The summed E-state index contributed by atoms with van der Waals surface area (Å²) < 4.78 is 31.5. The van der Waals surface area contributed by atoms with Crippen molar-refractivity contribution < 1.29 is 23.1 Å². The number of nitrogens with one attached hydrogen (secondary N) is 1. The van der Waals surface area contributed by atoms with Crippen molar-refractivity contribution >= 4 is 24.4 Å². The fourth-order valence-corrected chi connectivity index (χ4v) is 6.47. The van der Waals surface area contributed by atoms with Crippen LogP contribution in [0.4, 0.5) is 0 Å². The summed E-state index contributed by atoms with van der Waals surface area (Å²) in [7, 11) is -3.00. The quantitative estimate of drug-likeness (QED) is 0.518. The molecule has 0 bridgehead atoms. The molecule has 2 aromatic rings. The van der Waals surface area contributed by atoms with Gasteiger partial charge >= 0.3 is 7.60 Å². The molecule has 1 amide bonds. The summed E-state index contributed by atoms with van der Waals surface area (Å²) in [5, 5.41) is 4.12. The largest absolute Gasteiger partial charge is 0.478 e. The lowest BCUT2D eigenvalue weighted by molar-refractivity contribution is 0.0931. The van der Waals surface area contributed by atoms with Crippen LogP contribution in [0.25, 0.3) is 10.9 Å². The summed E-state index contributed by atoms with van der Waals surface area (Å²) in [6.45, 7) is 9.19. The molecule has 9 heteroatoms. The molecule has 2 aliphatic heterocycles. The van der Waals surface area contributed by atoms with E-state index in [4.69, 9.17) is 13.8 Å². The SMILES string of the molecule is CCOP(=O)(CCN1CCC(CNC(=O)c2c3n(c4ccccc24)CCCO3)CC1)OCC. The van der Waals surface area contributed by atoms with E-state index in [1.54, 1.807) is 0 Å². The van der Waals surface area contributed by atoms with E-state index in [1.165, 1.54) is 0 Å². The molecule has 0 saturated carbocycles. The predicted octanol–water partition coefficient (Wildman–Crippen LogP) is 4.13. The van der Waals surface area contributed by atoms with Gasteiger partial charge in [0.05, 0.1) is 31.5 Å².